The lowest BCUT2D eigenvalue weighted by atomic mass is 9.83. The van der Waals surface area contributed by atoms with Gasteiger partial charge in [-0.05, 0) is 83.0 Å². The summed E-state index contributed by atoms with van der Waals surface area (Å²) >= 11 is 0. The topological polar surface area (TPSA) is 295 Å². The van der Waals surface area contributed by atoms with Crippen LogP contribution in [0, 0.1) is 35.5 Å². The number of aliphatic hydroxyl groups is 12. The first-order valence-corrected chi connectivity index (χ1v) is 25.3. The standard InChI is InChI=1S/C53H90O16/c1-31-14-10-11-19-44(60)35(5)51(65)32(2)15-8-9-16-33(3)53(67)69-48(37(7)49-24-25-50(64)68-49)21-13-18-39(55)29-46(62)36(6)52(66)34(4)26-40(56)27-41(57)28-42(58)30-47(63)45(61)23-22-38(54)17-12-20-43(31)59/h10,12-14,16,18,20,22-23,31-32,34-49,51-52,54-63,65-66H,8-9,11,15,17,19,21,24-30H2,1-7H3/b14-10+,18-13+,20-12+,23-22+,33-16+. The monoisotopic (exact) mass is 983 g/mol. The van der Waals surface area contributed by atoms with Gasteiger partial charge in [0.15, 0.2) is 0 Å². The second-order valence-corrected chi connectivity index (χ2v) is 20.4. The van der Waals surface area contributed by atoms with Crippen LogP contribution in [0.4, 0.5) is 0 Å². The third kappa shape index (κ3) is 23.5. The highest BCUT2D eigenvalue weighted by Gasteiger charge is 2.36. The third-order valence-corrected chi connectivity index (χ3v) is 14.1. The van der Waals surface area contributed by atoms with Gasteiger partial charge in [-0.2, -0.15) is 0 Å². The highest BCUT2D eigenvalue weighted by molar-refractivity contribution is 5.87. The molecule has 0 aromatic carbocycles. The van der Waals surface area contributed by atoms with Gasteiger partial charge < -0.3 is 70.8 Å². The van der Waals surface area contributed by atoms with E-state index in [2.05, 4.69) is 0 Å². The first-order valence-electron chi connectivity index (χ1n) is 25.3. The Hall–Kier alpha value is -2.84. The molecule has 69 heavy (non-hydrogen) atoms. The Kier molecular flexibility index (Phi) is 29.1. The summed E-state index contributed by atoms with van der Waals surface area (Å²) in [6, 6.07) is 0. The zero-order valence-electron chi connectivity index (χ0n) is 42.1. The fourth-order valence-corrected chi connectivity index (χ4v) is 9.01. The first kappa shape index (κ1) is 62.3. The Morgan fingerprint density at radius 1 is 0.536 bits per heavy atom. The van der Waals surface area contributed by atoms with Crippen LogP contribution in [-0.4, -0.2) is 159 Å². The fourth-order valence-electron chi connectivity index (χ4n) is 9.01. The van der Waals surface area contributed by atoms with Gasteiger partial charge in [0, 0.05) is 54.9 Å². The molecule has 16 nitrogen and oxygen atoms in total. The molecule has 20 unspecified atom stereocenters. The average Bonchev–Trinajstić information content (AvgIpc) is 3.73. The van der Waals surface area contributed by atoms with Crippen LogP contribution in [0.3, 0.4) is 0 Å². The summed E-state index contributed by atoms with van der Waals surface area (Å²) in [6.07, 6.45) is 2.86. The van der Waals surface area contributed by atoms with Crippen LogP contribution in [0.2, 0.25) is 0 Å². The summed E-state index contributed by atoms with van der Waals surface area (Å²) in [6.45, 7) is 12.3. The van der Waals surface area contributed by atoms with Gasteiger partial charge in [0.1, 0.15) is 12.2 Å². The van der Waals surface area contributed by atoms with Crippen LogP contribution in [-0.2, 0) is 19.1 Å². The van der Waals surface area contributed by atoms with Crippen LogP contribution in [0.15, 0.2) is 60.3 Å². The van der Waals surface area contributed by atoms with Gasteiger partial charge >= 0.3 is 11.9 Å². The van der Waals surface area contributed by atoms with Crippen molar-refractivity contribution < 1.29 is 80.3 Å². The molecule has 0 radical (unpaired) electrons. The van der Waals surface area contributed by atoms with Crippen LogP contribution in [0.1, 0.15) is 138 Å². The molecular formula is C53H90O16. The molecule has 0 saturated carbocycles. The van der Waals surface area contributed by atoms with Gasteiger partial charge in [0.2, 0.25) is 0 Å². The minimum atomic E-state index is -1.44. The van der Waals surface area contributed by atoms with E-state index in [0.29, 0.717) is 44.1 Å². The molecular weight excluding hydrogens is 893 g/mol. The van der Waals surface area contributed by atoms with Crippen molar-refractivity contribution in [3.8, 4) is 0 Å². The van der Waals surface area contributed by atoms with E-state index in [4.69, 9.17) is 9.47 Å². The van der Waals surface area contributed by atoms with E-state index in [1.165, 1.54) is 18.2 Å². The zero-order chi connectivity index (χ0) is 52.0. The minimum absolute atomic E-state index is 0.0459. The van der Waals surface area contributed by atoms with Crippen molar-refractivity contribution in [3.05, 3.63) is 60.3 Å². The van der Waals surface area contributed by atoms with E-state index in [0.717, 1.165) is 0 Å². The maximum Gasteiger partial charge on any atom is 0.333 e. The number of allylic oxidation sites excluding steroid dienone is 2. The second-order valence-electron chi connectivity index (χ2n) is 20.4. The fraction of sp³-hybridized carbons (Fsp3) is 0.774. The van der Waals surface area contributed by atoms with Gasteiger partial charge in [-0.25, -0.2) is 4.79 Å². The Morgan fingerprint density at radius 2 is 1.14 bits per heavy atom. The molecule has 2 rings (SSSR count). The first-order chi connectivity index (χ1) is 32.4. The van der Waals surface area contributed by atoms with Crippen molar-refractivity contribution in [1.82, 2.24) is 0 Å². The number of aliphatic hydroxyl groups excluding tert-OH is 12. The highest BCUT2D eigenvalue weighted by Crippen LogP contribution is 2.29. The molecule has 12 N–H and O–H groups in total. The van der Waals surface area contributed by atoms with E-state index < -0.39 is 109 Å². The molecule has 0 aromatic heterocycles. The lowest BCUT2D eigenvalue weighted by Crippen LogP contribution is -2.37. The number of cyclic esters (lactones) is 2. The molecule has 1 saturated heterocycles. The molecule has 0 aliphatic carbocycles. The quantitative estimate of drug-likeness (QED) is 0.139. The number of esters is 2. The normalized spacial score (nSPS) is 43.0. The summed E-state index contributed by atoms with van der Waals surface area (Å²) in [5.74, 6) is -3.33. The number of carbonyl (C=O) groups excluding carboxylic acids is 2. The molecule has 398 valence electrons. The molecule has 16 heteroatoms. The van der Waals surface area contributed by atoms with Crippen molar-refractivity contribution in [3.63, 3.8) is 0 Å². The van der Waals surface area contributed by atoms with Crippen LogP contribution in [0.5, 0.6) is 0 Å². The summed E-state index contributed by atoms with van der Waals surface area (Å²) in [4.78, 5) is 25.3. The van der Waals surface area contributed by atoms with E-state index in [-0.39, 0.29) is 75.1 Å². The number of rotatable bonds is 2. The summed E-state index contributed by atoms with van der Waals surface area (Å²) in [5, 5.41) is 129. The Balaban J connectivity index is 2.21. The van der Waals surface area contributed by atoms with Crippen molar-refractivity contribution in [2.45, 2.75) is 224 Å². The van der Waals surface area contributed by atoms with E-state index in [1.54, 1.807) is 45.1 Å². The van der Waals surface area contributed by atoms with Gasteiger partial charge in [-0.1, -0.05) is 96.2 Å². The highest BCUT2D eigenvalue weighted by atomic mass is 16.6. The third-order valence-electron chi connectivity index (χ3n) is 14.1. The van der Waals surface area contributed by atoms with E-state index in [9.17, 15) is 70.9 Å². The lowest BCUT2D eigenvalue weighted by Gasteiger charge is -2.31. The molecule has 2 heterocycles. The van der Waals surface area contributed by atoms with E-state index in [1.807, 2.05) is 39.8 Å². The van der Waals surface area contributed by atoms with Crippen LogP contribution in [0.25, 0.3) is 0 Å². The molecule has 1 fully saturated rings. The largest absolute Gasteiger partial charge is 0.462 e. The SMILES string of the molecule is C/C1=C\CCCC(C)C(O)C(C)C(O)CC/C=C/C(C)C(O)/C=C/CC(O)/C=C/C(O)C(O)CC(O)CC(O)CC(O)CC(C)C(O)C(C)C(O)CC(O)/C=C/CC(C(C)C2CCC(=O)O2)OC1=O. The maximum absolute atomic E-state index is 13.4. The van der Waals surface area contributed by atoms with E-state index >= 15 is 0 Å². The smallest absolute Gasteiger partial charge is 0.333 e. The summed E-state index contributed by atoms with van der Waals surface area (Å²) in [5.41, 5.74) is 0.388. The predicted octanol–water partition coefficient (Wildman–Crippen LogP) is 3.62. The van der Waals surface area contributed by atoms with Gasteiger partial charge in [-0.15, -0.1) is 0 Å². The molecule has 2 aliphatic heterocycles. The van der Waals surface area contributed by atoms with Gasteiger partial charge in [0.25, 0.3) is 0 Å². The number of hydrogen-bond donors (Lipinski definition) is 12. The van der Waals surface area contributed by atoms with Crippen LogP contribution < -0.4 is 0 Å². The van der Waals surface area contributed by atoms with Crippen molar-refractivity contribution >= 4 is 11.9 Å². The minimum Gasteiger partial charge on any atom is -0.462 e. The Bertz CT molecular complexity index is 1610. The Labute approximate surface area is 410 Å². The predicted molar refractivity (Wildman–Crippen MR) is 262 cm³/mol. The number of ether oxygens (including phenoxy) is 2. The lowest BCUT2D eigenvalue weighted by molar-refractivity contribution is -0.152. The number of hydrogen-bond acceptors (Lipinski definition) is 16. The van der Waals surface area contributed by atoms with Crippen molar-refractivity contribution in [2.24, 2.45) is 35.5 Å². The molecule has 0 spiro atoms. The molecule has 0 aromatic rings. The molecule has 20 atom stereocenters. The van der Waals surface area contributed by atoms with Crippen molar-refractivity contribution in [1.29, 1.82) is 0 Å². The van der Waals surface area contributed by atoms with Gasteiger partial charge in [-0.3, -0.25) is 4.79 Å². The molecule has 0 bridgehead atoms. The maximum atomic E-state index is 13.4. The number of carbonyl (C=O) groups is 2. The summed E-state index contributed by atoms with van der Waals surface area (Å²) < 4.78 is 11.5. The average molecular weight is 983 g/mol. The second kappa shape index (κ2) is 32.3. The Morgan fingerprint density at radius 3 is 1.80 bits per heavy atom. The zero-order valence-corrected chi connectivity index (χ0v) is 42.1. The van der Waals surface area contributed by atoms with Gasteiger partial charge in [0.05, 0.1) is 73.2 Å². The van der Waals surface area contributed by atoms with Crippen molar-refractivity contribution in [2.75, 3.05) is 0 Å². The molecule has 2 aliphatic rings. The van der Waals surface area contributed by atoms with Crippen LogP contribution >= 0.6 is 0 Å². The molecule has 0 amide bonds. The summed E-state index contributed by atoms with van der Waals surface area (Å²) in [7, 11) is 0.